The normalized spacial score (nSPS) is 26.4. The van der Waals surface area contributed by atoms with Crippen molar-refractivity contribution in [2.24, 2.45) is 5.73 Å². The van der Waals surface area contributed by atoms with E-state index < -0.39 is 18.1 Å². The number of fused-ring (bicyclic) bond motifs is 18. The van der Waals surface area contributed by atoms with Crippen molar-refractivity contribution in [1.29, 1.82) is 10.5 Å². The van der Waals surface area contributed by atoms with Crippen LogP contribution in [0.1, 0.15) is 108 Å². The van der Waals surface area contributed by atoms with Crippen molar-refractivity contribution in [2.75, 3.05) is 40.8 Å². The second-order valence-corrected chi connectivity index (χ2v) is 22.4. The summed E-state index contributed by atoms with van der Waals surface area (Å²) in [6, 6.07) is 16.5. The van der Waals surface area contributed by atoms with E-state index in [0.717, 1.165) is 72.3 Å². The second kappa shape index (κ2) is 22.1. The third kappa shape index (κ3) is 8.85. The van der Waals surface area contributed by atoms with Gasteiger partial charge in [0.25, 0.3) is 0 Å². The van der Waals surface area contributed by atoms with Crippen molar-refractivity contribution in [3.05, 3.63) is 126 Å². The molecule has 5 aromatic carbocycles. The molecule has 0 saturated carbocycles. The maximum atomic E-state index is 13.2. The maximum absolute atomic E-state index is 13.2. The van der Waals surface area contributed by atoms with Crippen molar-refractivity contribution in [3.8, 4) is 58.1 Å². The first-order valence-corrected chi connectivity index (χ1v) is 26.7. The fourth-order valence-corrected chi connectivity index (χ4v) is 14.9. The summed E-state index contributed by atoms with van der Waals surface area (Å²) in [5.74, 6) is 3.13. The molecule has 0 spiro atoms. The summed E-state index contributed by atoms with van der Waals surface area (Å²) in [7, 11) is 4.08. The van der Waals surface area contributed by atoms with Crippen LogP contribution in [-0.2, 0) is 36.9 Å². The summed E-state index contributed by atoms with van der Waals surface area (Å²) in [5, 5.41) is 69.9. The molecule has 4 bridgehead atoms. The van der Waals surface area contributed by atoms with Gasteiger partial charge in [0.05, 0.1) is 42.7 Å². The van der Waals surface area contributed by atoms with Crippen molar-refractivity contribution in [3.63, 3.8) is 0 Å². The number of carbonyl (C=O) groups is 1. The molecule has 8 aliphatic rings. The second-order valence-electron chi connectivity index (χ2n) is 22.4. The van der Waals surface area contributed by atoms with Crippen LogP contribution in [-0.4, -0.2) is 123 Å². The average molecular weight is 1500 g/mol. The van der Waals surface area contributed by atoms with Gasteiger partial charge in [-0.05, 0) is 120 Å². The molecular formula is C60H66Ac2N8O9. The number of nitriles is 2. The Morgan fingerprint density at radius 3 is 1.48 bits per heavy atom. The summed E-state index contributed by atoms with van der Waals surface area (Å²) >= 11 is 0. The van der Waals surface area contributed by atoms with E-state index in [4.69, 9.17) is 24.7 Å². The number of aryl methyl sites for hydroxylation is 2. The fourth-order valence-electron chi connectivity index (χ4n) is 14.9. The quantitative estimate of drug-likeness (QED) is 0.112. The molecule has 2 unspecified atom stereocenters. The van der Waals surface area contributed by atoms with Crippen LogP contribution in [0.3, 0.4) is 0 Å². The number of nitrogens with one attached hydrogen (secondary N) is 1. The molecule has 2 saturated heterocycles. The third-order valence-electron chi connectivity index (χ3n) is 18.8. The van der Waals surface area contributed by atoms with Crippen molar-refractivity contribution >= 4 is 5.91 Å². The minimum absolute atomic E-state index is 0. The number of piperazine rings is 2. The number of nitrogens with two attached hydrogens (primary N) is 1. The molecule has 79 heavy (non-hydrogen) atoms. The molecular weight excluding hydrogens is 1430 g/mol. The van der Waals surface area contributed by atoms with Gasteiger partial charge in [0.15, 0.2) is 23.0 Å². The van der Waals surface area contributed by atoms with Gasteiger partial charge in [-0.15, -0.1) is 0 Å². The van der Waals surface area contributed by atoms with E-state index in [0.29, 0.717) is 71.3 Å². The zero-order valence-corrected chi connectivity index (χ0v) is 55.4. The summed E-state index contributed by atoms with van der Waals surface area (Å²) < 4.78 is 23.4. The van der Waals surface area contributed by atoms with Gasteiger partial charge in [-0.2, -0.15) is 10.5 Å². The van der Waals surface area contributed by atoms with E-state index in [9.17, 15) is 35.7 Å². The SMILES string of the molecule is Cc1cc2c(c(O)c1C)[C@@H]1C3Cc4c(O)c(C)c5c(c4[C@H](CN)N3[C@@H](C#N)[C@H](C2)N1C)OCO5.Cc1cc2c(c(O)c1C)[C@@H]1C3Cc4c(O)c(C)c5c(c4[C@H](CNC(=O)Cc4ccccc4)N3[C@@H](C#N)[C@H](C2)N1C)OCO5.[Ac].[Ac]. The minimum atomic E-state index is -0.506. The summed E-state index contributed by atoms with van der Waals surface area (Å²) in [6.45, 7) is 12.2. The van der Waals surface area contributed by atoms with E-state index in [1.54, 1.807) is 0 Å². The molecule has 10 atom stereocenters. The molecule has 7 N–H and O–H groups in total. The minimum Gasteiger partial charge on any atom is -0.507 e. The van der Waals surface area contributed by atoms with Gasteiger partial charge in [0.2, 0.25) is 19.5 Å². The van der Waals surface area contributed by atoms with Gasteiger partial charge >= 0.3 is 0 Å². The number of hydrogen-bond acceptors (Lipinski definition) is 16. The number of phenols is 4. The number of aromatic hydroxyl groups is 4. The predicted octanol–water partition coefficient (Wildman–Crippen LogP) is 6.36. The number of nitrogens with zero attached hydrogens (tertiary/aromatic N) is 6. The fraction of sp³-hybridized carbons (Fsp3) is 0.450. The Kier molecular flexibility index (Phi) is 16.2. The molecule has 1 amide bonds. The van der Waals surface area contributed by atoms with Gasteiger partial charge < -0.3 is 50.4 Å². The summed E-state index contributed by atoms with van der Waals surface area (Å²) in [5.41, 5.74) is 19.5. The number of hydrogen-bond donors (Lipinski definition) is 6. The van der Waals surface area contributed by atoms with E-state index in [1.807, 2.05) is 86.0 Å². The van der Waals surface area contributed by atoms with Crippen LogP contribution in [0, 0.1) is 152 Å². The number of ether oxygens (including phenoxy) is 4. The number of likely N-dealkylation sites (N-methyl/N-ethyl adjacent to an activating group) is 2. The zero-order valence-electron chi connectivity index (χ0n) is 45.9. The Labute approximate surface area is 532 Å². The molecule has 8 heterocycles. The first-order valence-electron chi connectivity index (χ1n) is 26.7. The van der Waals surface area contributed by atoms with Gasteiger partial charge in [-0.25, -0.2) is 0 Å². The van der Waals surface area contributed by atoms with Crippen LogP contribution in [0.4, 0.5) is 0 Å². The number of rotatable bonds is 5. The average Bonchev–Trinajstić information content (AvgIpc) is 3.64. The predicted molar refractivity (Wildman–Crippen MR) is 284 cm³/mol. The van der Waals surface area contributed by atoms with E-state index >= 15 is 0 Å². The van der Waals surface area contributed by atoms with Crippen LogP contribution in [0.2, 0.25) is 0 Å². The van der Waals surface area contributed by atoms with Gasteiger partial charge in [0.1, 0.15) is 35.1 Å². The topological polar surface area (TPSA) is 233 Å². The standard InChI is InChI=1S/C34H36N4O5.C26H30N4O4.2Ac/c1-17-10-21-12-23-25(14-35)38-24(30(37(23)4)28(21)32(41)18(17)2)13-22-29(34-33(42-16-43-34)19(3)31(22)40)26(38)15-36-27(39)11-20-8-6-5-7-9-20;1-11-5-14-6-16-18(8-27)30-17(22(29(16)4)20(14)24(32)12(11)2)7-15-21(19(30)9-28)26-25(33-10-34-26)13(3)23(15)31;;/h5-10,23-26,30,40-41H,11-13,15-16H2,1-4H3,(H,36,39);5,16-19,22,31-32H,6-7,9-10,28H2,1-4H3;;/t23-,24?,25-,26-,30-;16-,17?,18-,19-,22-;;/m00../s1. The van der Waals surface area contributed by atoms with Gasteiger partial charge in [-0.1, -0.05) is 42.5 Å². The first-order chi connectivity index (χ1) is 37.0. The number of phenolic OH excluding ortho intramolecular Hbond substituents is 4. The molecule has 2 fully saturated rings. The molecule has 8 aliphatic heterocycles. The largest absolute Gasteiger partial charge is 0.507 e. The number of benzene rings is 5. The van der Waals surface area contributed by atoms with Crippen molar-refractivity contribution in [1.82, 2.24) is 24.9 Å². The van der Waals surface area contributed by atoms with Gasteiger partial charge in [0, 0.05) is 170 Å². The molecule has 2 radical (unpaired) electrons. The maximum Gasteiger partial charge on any atom is 0.231 e. The zero-order chi connectivity index (χ0) is 54.2. The Morgan fingerprint density at radius 1 is 0.608 bits per heavy atom. The molecule has 406 valence electrons. The van der Waals surface area contributed by atoms with Crippen LogP contribution in [0.25, 0.3) is 0 Å². The van der Waals surface area contributed by atoms with Crippen molar-refractivity contribution in [2.45, 2.75) is 134 Å². The molecule has 19 heteroatoms. The van der Waals surface area contributed by atoms with Crippen LogP contribution < -0.4 is 30.0 Å². The molecule has 0 aliphatic carbocycles. The Balaban J connectivity index is 0.000000178. The monoisotopic (exact) mass is 1500 g/mol. The van der Waals surface area contributed by atoms with Crippen molar-refractivity contribution < 1.29 is 132 Å². The van der Waals surface area contributed by atoms with Crippen LogP contribution in [0.15, 0.2) is 42.5 Å². The number of amides is 1. The van der Waals surface area contributed by atoms with E-state index in [2.05, 4.69) is 49.2 Å². The Bertz CT molecular complexity index is 3400. The van der Waals surface area contributed by atoms with E-state index in [-0.39, 0.29) is 181 Å². The first kappa shape index (κ1) is 57.9. The smallest absolute Gasteiger partial charge is 0.231 e. The van der Waals surface area contributed by atoms with E-state index in [1.165, 1.54) is 0 Å². The van der Waals surface area contributed by atoms with Crippen LogP contribution in [0.5, 0.6) is 46.0 Å². The third-order valence-corrected chi connectivity index (χ3v) is 18.8. The molecule has 5 aromatic rings. The molecule has 17 nitrogen and oxygen atoms in total. The summed E-state index contributed by atoms with van der Waals surface area (Å²) in [4.78, 5) is 22.1. The summed E-state index contributed by atoms with van der Waals surface area (Å²) in [6.07, 6.45) is 2.49. The Morgan fingerprint density at radius 2 is 1.04 bits per heavy atom. The van der Waals surface area contributed by atoms with Crippen LogP contribution >= 0.6 is 0 Å². The van der Waals surface area contributed by atoms with Gasteiger partial charge in [-0.3, -0.25) is 24.4 Å². The number of carbonyl (C=O) groups excluding carboxylic acids is 1. The molecule has 13 rings (SSSR count). The Hall–Kier alpha value is -4.37. The molecule has 0 aromatic heterocycles.